The quantitative estimate of drug-likeness (QED) is 0.314. The second-order valence-electron chi connectivity index (χ2n) is 12.6. The van der Waals surface area contributed by atoms with Gasteiger partial charge in [0.25, 0.3) is 0 Å². The lowest BCUT2D eigenvalue weighted by molar-refractivity contribution is -0.120. The van der Waals surface area contributed by atoms with E-state index in [4.69, 9.17) is 18.6 Å². The molecule has 2 aliphatic heterocycles. The number of hydrogen-bond donors (Lipinski definition) is 1. The molecule has 3 aliphatic rings. The number of halogens is 1. The molecule has 3 heterocycles. The molecule has 0 atom stereocenters. The Labute approximate surface area is 280 Å². The van der Waals surface area contributed by atoms with Crippen molar-refractivity contribution in [3.8, 4) is 17.2 Å². The van der Waals surface area contributed by atoms with Crippen molar-refractivity contribution in [2.45, 2.75) is 38.8 Å². The number of nitrogens with one attached hydrogen (secondary N) is 1. The van der Waals surface area contributed by atoms with Crippen LogP contribution in [0.15, 0.2) is 58.7 Å². The lowest BCUT2D eigenvalue weighted by atomic mass is 10.00. The van der Waals surface area contributed by atoms with Crippen LogP contribution in [0.4, 0.5) is 9.18 Å². The van der Waals surface area contributed by atoms with E-state index in [1.54, 1.807) is 41.5 Å². The van der Waals surface area contributed by atoms with E-state index in [1.165, 1.54) is 26.4 Å². The highest BCUT2D eigenvalue weighted by Crippen LogP contribution is 2.45. The molecule has 11 heteroatoms. The Morgan fingerprint density at radius 3 is 2.33 bits per heavy atom. The number of amides is 2. The van der Waals surface area contributed by atoms with Crippen molar-refractivity contribution < 1.29 is 32.6 Å². The van der Waals surface area contributed by atoms with Gasteiger partial charge in [-0.2, -0.15) is 0 Å². The summed E-state index contributed by atoms with van der Waals surface area (Å²) in [5.41, 5.74) is 4.66. The van der Waals surface area contributed by atoms with Crippen LogP contribution in [0.1, 0.15) is 48.6 Å². The number of hydrogen-bond acceptors (Lipinski definition) is 8. The van der Waals surface area contributed by atoms with Crippen LogP contribution in [-0.4, -0.2) is 93.3 Å². The molecule has 1 aromatic heterocycles. The van der Waals surface area contributed by atoms with Gasteiger partial charge in [-0.3, -0.25) is 9.69 Å². The number of rotatable bonds is 9. The average Bonchev–Trinajstić information content (AvgIpc) is 3.71. The van der Waals surface area contributed by atoms with Crippen LogP contribution in [0.25, 0.3) is 17.2 Å². The van der Waals surface area contributed by atoms with Gasteiger partial charge in [0, 0.05) is 32.2 Å². The number of methoxy groups -OCH3 is 2. The van der Waals surface area contributed by atoms with Crippen molar-refractivity contribution in [1.82, 2.24) is 20.0 Å². The van der Waals surface area contributed by atoms with Crippen LogP contribution in [0, 0.1) is 5.82 Å². The number of carbonyl (C=O) groups is 2. The molecule has 0 unspecified atom stereocenters. The van der Waals surface area contributed by atoms with Gasteiger partial charge >= 0.3 is 6.09 Å². The SMILES string of the molecule is COc1cc(C=C2C(C)=C(CC(=O)NCc3ccco3)c3cc(F)ccc32)cc(OC)c1OC(=O)N1CCN(C2CCN(C)CC2)CC1. The molecule has 0 bridgehead atoms. The zero-order valence-electron chi connectivity index (χ0n) is 28.0. The van der Waals surface area contributed by atoms with Crippen LogP contribution in [0.3, 0.4) is 0 Å². The first-order valence-corrected chi connectivity index (χ1v) is 16.4. The van der Waals surface area contributed by atoms with Gasteiger partial charge in [0.1, 0.15) is 11.6 Å². The first-order valence-electron chi connectivity index (χ1n) is 16.4. The highest BCUT2D eigenvalue weighted by molar-refractivity contribution is 6.08. The van der Waals surface area contributed by atoms with E-state index in [0.29, 0.717) is 42.0 Å². The highest BCUT2D eigenvalue weighted by atomic mass is 19.1. The Hall–Kier alpha value is -4.61. The molecule has 48 heavy (non-hydrogen) atoms. The summed E-state index contributed by atoms with van der Waals surface area (Å²) in [6.45, 7) is 7.21. The third-order valence-corrected chi connectivity index (χ3v) is 9.59. The Balaban J connectivity index is 1.19. The summed E-state index contributed by atoms with van der Waals surface area (Å²) >= 11 is 0. The smallest absolute Gasteiger partial charge is 0.415 e. The fourth-order valence-corrected chi connectivity index (χ4v) is 6.84. The molecule has 3 aromatic rings. The lowest BCUT2D eigenvalue weighted by Crippen LogP contribution is -2.54. The van der Waals surface area contributed by atoms with Crippen molar-refractivity contribution in [2.24, 2.45) is 0 Å². The van der Waals surface area contributed by atoms with Crippen molar-refractivity contribution in [3.63, 3.8) is 0 Å². The summed E-state index contributed by atoms with van der Waals surface area (Å²) in [6, 6.07) is 12.3. The predicted molar refractivity (Wildman–Crippen MR) is 181 cm³/mol. The summed E-state index contributed by atoms with van der Waals surface area (Å²) in [7, 11) is 5.19. The fraction of sp³-hybridized carbons (Fsp3) is 0.405. The van der Waals surface area contributed by atoms with Gasteiger partial charge in [0.2, 0.25) is 11.7 Å². The molecule has 0 saturated carbocycles. The minimum Gasteiger partial charge on any atom is -0.493 e. The summed E-state index contributed by atoms with van der Waals surface area (Å²) in [6.07, 6.45) is 5.44. The molecule has 2 amide bonds. The second-order valence-corrected chi connectivity index (χ2v) is 12.6. The standard InChI is InChI=1S/C37H43FN4O6/c1-24-30(29-8-7-26(38)21-32(29)31(24)22-35(43)39-23-28-6-5-17-47-28)18-25-19-33(45-3)36(34(20-25)46-4)48-37(44)42-15-13-41(14-16-42)27-9-11-40(2)12-10-27/h5-8,17-21,27H,9-16,22-23H2,1-4H3,(H,39,43). The molecule has 10 nitrogen and oxygen atoms in total. The first-order chi connectivity index (χ1) is 23.2. The van der Waals surface area contributed by atoms with Crippen LogP contribution in [0.2, 0.25) is 0 Å². The van der Waals surface area contributed by atoms with E-state index in [0.717, 1.165) is 66.9 Å². The molecular weight excluding hydrogens is 615 g/mol. The maximum absolute atomic E-state index is 14.4. The number of piperazine rings is 1. The number of ether oxygens (including phenoxy) is 3. The zero-order valence-corrected chi connectivity index (χ0v) is 28.0. The molecule has 2 saturated heterocycles. The monoisotopic (exact) mass is 658 g/mol. The minimum absolute atomic E-state index is 0.0775. The van der Waals surface area contributed by atoms with Gasteiger partial charge in [-0.15, -0.1) is 0 Å². The largest absolute Gasteiger partial charge is 0.493 e. The van der Waals surface area contributed by atoms with E-state index >= 15 is 0 Å². The van der Waals surface area contributed by atoms with Crippen LogP contribution in [0.5, 0.6) is 17.2 Å². The maximum atomic E-state index is 14.4. The fourth-order valence-electron chi connectivity index (χ4n) is 6.84. The van der Waals surface area contributed by atoms with Gasteiger partial charge < -0.3 is 33.7 Å². The number of carbonyl (C=O) groups excluding carboxylic acids is 2. The van der Waals surface area contributed by atoms with Crippen LogP contribution in [-0.2, 0) is 11.3 Å². The zero-order chi connectivity index (χ0) is 33.8. The Bertz CT molecular complexity index is 1680. The van der Waals surface area contributed by atoms with Gasteiger partial charge in [-0.05, 0) is 116 Å². The normalized spacial score (nSPS) is 18.3. The average molecular weight is 659 g/mol. The number of furan rings is 1. The molecule has 2 aromatic carbocycles. The predicted octanol–water partition coefficient (Wildman–Crippen LogP) is 5.68. The Morgan fingerprint density at radius 1 is 0.979 bits per heavy atom. The molecule has 1 N–H and O–H groups in total. The van der Waals surface area contributed by atoms with Gasteiger partial charge in [0.05, 0.1) is 33.4 Å². The van der Waals surface area contributed by atoms with Crippen molar-refractivity contribution in [2.75, 3.05) is 60.5 Å². The third-order valence-electron chi connectivity index (χ3n) is 9.59. The van der Waals surface area contributed by atoms with Crippen molar-refractivity contribution >= 4 is 29.2 Å². The number of benzene rings is 2. The van der Waals surface area contributed by atoms with Gasteiger partial charge in [-0.25, -0.2) is 9.18 Å². The number of piperidine rings is 1. The van der Waals surface area contributed by atoms with Crippen LogP contribution >= 0.6 is 0 Å². The molecule has 6 rings (SSSR count). The van der Waals surface area contributed by atoms with E-state index < -0.39 is 6.09 Å². The first kappa shape index (κ1) is 33.3. The van der Waals surface area contributed by atoms with Crippen LogP contribution < -0.4 is 19.5 Å². The Morgan fingerprint density at radius 2 is 1.69 bits per heavy atom. The third kappa shape index (κ3) is 7.27. The summed E-state index contributed by atoms with van der Waals surface area (Å²) in [4.78, 5) is 32.8. The van der Waals surface area contributed by atoms with E-state index in [2.05, 4.69) is 22.2 Å². The molecule has 0 spiro atoms. The minimum atomic E-state index is -0.443. The number of likely N-dealkylation sites (tertiary alicyclic amines) is 1. The van der Waals surface area contributed by atoms with Crippen molar-refractivity contribution in [3.05, 3.63) is 82.6 Å². The second kappa shape index (κ2) is 14.7. The lowest BCUT2D eigenvalue weighted by Gasteiger charge is -2.41. The Kier molecular flexibility index (Phi) is 10.2. The highest BCUT2D eigenvalue weighted by Gasteiger charge is 2.30. The van der Waals surface area contributed by atoms with Gasteiger partial charge in [0.15, 0.2) is 11.5 Å². The molecule has 1 aliphatic carbocycles. The number of fused-ring (bicyclic) bond motifs is 1. The molecular formula is C37H43FN4O6. The van der Waals surface area contributed by atoms with E-state index in [9.17, 15) is 14.0 Å². The number of nitrogens with zero attached hydrogens (tertiary/aromatic N) is 3. The molecule has 254 valence electrons. The topological polar surface area (TPSA) is 96.7 Å². The molecule has 2 fully saturated rings. The number of allylic oxidation sites excluding steroid dienone is 2. The van der Waals surface area contributed by atoms with E-state index in [-0.39, 0.29) is 30.4 Å². The summed E-state index contributed by atoms with van der Waals surface area (Å²) < 4.78 is 37.1. The molecule has 0 radical (unpaired) electrons. The maximum Gasteiger partial charge on any atom is 0.415 e. The van der Waals surface area contributed by atoms with Crippen molar-refractivity contribution in [1.29, 1.82) is 0 Å². The summed E-state index contributed by atoms with van der Waals surface area (Å²) in [5, 5.41) is 2.87. The van der Waals surface area contributed by atoms with Gasteiger partial charge in [-0.1, -0.05) is 6.07 Å². The summed E-state index contributed by atoms with van der Waals surface area (Å²) in [5.74, 6) is 0.964. The van der Waals surface area contributed by atoms with E-state index in [1.807, 2.05) is 13.0 Å².